The van der Waals surface area contributed by atoms with Crippen molar-refractivity contribution in [1.82, 2.24) is 0 Å². The number of rotatable bonds is 0. The van der Waals surface area contributed by atoms with Gasteiger partial charge >= 0.3 is 94.2 Å². The molecule has 0 fully saturated rings. The van der Waals surface area contributed by atoms with Gasteiger partial charge in [-0.15, -0.1) is 0 Å². The summed E-state index contributed by atoms with van der Waals surface area (Å²) in [6.07, 6.45) is 0. The fraction of sp³-hybridized carbons (Fsp3) is 0. The fourth-order valence-electron chi connectivity index (χ4n) is 0. The zero-order chi connectivity index (χ0) is 6.41. The molecule has 0 bridgehead atoms. The van der Waals surface area contributed by atoms with Crippen molar-refractivity contribution in [2.75, 3.05) is 0 Å². The van der Waals surface area contributed by atoms with E-state index in [4.69, 9.17) is 58.1 Å². The van der Waals surface area contributed by atoms with Gasteiger partial charge in [-0.05, 0) is 0 Å². The molecule has 0 saturated heterocycles. The van der Waals surface area contributed by atoms with E-state index in [9.17, 15) is 0 Å². The van der Waals surface area contributed by atoms with Crippen LogP contribution in [0.1, 0.15) is 1.43 Å². The van der Waals surface area contributed by atoms with Gasteiger partial charge < -0.3 is 6.90 Å². The third-order valence-corrected chi connectivity index (χ3v) is 0. The first kappa shape index (κ1) is 18.2. The van der Waals surface area contributed by atoms with Crippen molar-refractivity contribution in [1.29, 1.82) is 0 Å². The van der Waals surface area contributed by atoms with Gasteiger partial charge in [-0.2, -0.15) is 0 Å². The van der Waals surface area contributed by atoms with E-state index in [1.807, 2.05) is 0 Å². The van der Waals surface area contributed by atoms with Crippen LogP contribution >= 0.6 is 58.1 Å². The third-order valence-electron chi connectivity index (χ3n) is 0. The smallest absolute Gasteiger partial charge is 1.00 e. The SMILES string of the molecule is O.[Cl][Rh]([Cl])([Cl])([Cl])([Cl])[Cl].[H-].[Na+]. The molecule has 0 spiro atoms. The topological polar surface area (TPSA) is 31.5 Å². The number of hydrogen-bond acceptors (Lipinski definition) is 0. The van der Waals surface area contributed by atoms with Gasteiger partial charge in [0.05, 0.1) is 0 Å². The summed E-state index contributed by atoms with van der Waals surface area (Å²) in [6, 6.07) is 0. The quantitative estimate of drug-likeness (QED) is 0.563. The van der Waals surface area contributed by atoms with E-state index in [-0.39, 0.29) is 36.5 Å². The van der Waals surface area contributed by atoms with Gasteiger partial charge in [0.25, 0.3) is 0 Å². The molecule has 0 aromatic rings. The average molecular weight is 358 g/mol. The van der Waals surface area contributed by atoms with Crippen LogP contribution in [-0.2, 0) is 6.48 Å². The second-order valence-corrected chi connectivity index (χ2v) is 38.0. The Morgan fingerprint density at radius 3 is 0.778 bits per heavy atom. The molecule has 0 heterocycles. The first-order chi connectivity index (χ1) is 2.45. The molecule has 9 heavy (non-hydrogen) atoms. The molecule has 0 rings (SSSR count). The Balaban J connectivity index is -0.0000000600. The van der Waals surface area contributed by atoms with Gasteiger partial charge in [-0.25, -0.2) is 0 Å². The molecule has 0 aromatic carbocycles. The normalized spacial score (nSPS) is 18.0. The van der Waals surface area contributed by atoms with Crippen molar-refractivity contribution in [3.63, 3.8) is 0 Å². The van der Waals surface area contributed by atoms with Crippen LogP contribution in [0, 0.1) is 0 Å². The maximum Gasteiger partial charge on any atom is 1.00 e. The molecule has 0 radical (unpaired) electrons. The second-order valence-electron chi connectivity index (χ2n) is 0.714. The van der Waals surface area contributed by atoms with Gasteiger partial charge in [0.1, 0.15) is 0 Å². The molecule has 0 amide bonds. The monoisotopic (exact) mass is 355 g/mol. The molecule has 0 aliphatic rings. The molecule has 2 N–H and O–H groups in total. The van der Waals surface area contributed by atoms with Crippen molar-refractivity contribution >= 4 is 58.1 Å². The van der Waals surface area contributed by atoms with Gasteiger partial charge in [0.2, 0.25) is 0 Å². The van der Waals surface area contributed by atoms with Crippen molar-refractivity contribution < 1.29 is 42.9 Å². The van der Waals surface area contributed by atoms with Crippen LogP contribution in [0.2, 0.25) is 0 Å². The van der Waals surface area contributed by atoms with Crippen molar-refractivity contribution in [2.24, 2.45) is 0 Å². The molecule has 0 aliphatic carbocycles. The van der Waals surface area contributed by atoms with Crippen LogP contribution in [0.3, 0.4) is 0 Å². The Bertz CT molecular complexity index is 76.3. The van der Waals surface area contributed by atoms with Crippen molar-refractivity contribution in [2.45, 2.75) is 0 Å². The molecule has 0 aromatic heterocycles. The Hall–Kier alpha value is 3.32. The first-order valence-corrected chi connectivity index (χ1v) is 13.4. The predicted octanol–water partition coefficient (Wildman–Crippen LogP) is 0.426. The molecule has 0 atom stereocenters. The van der Waals surface area contributed by atoms with Crippen molar-refractivity contribution in [3.8, 4) is 0 Å². The molecule has 0 unspecified atom stereocenters. The molecule has 9 heteroatoms. The molecule has 1 nitrogen and oxygen atoms in total. The van der Waals surface area contributed by atoms with E-state index in [0.717, 1.165) is 0 Å². The van der Waals surface area contributed by atoms with E-state index in [1.54, 1.807) is 0 Å². The first-order valence-electron chi connectivity index (χ1n) is 0.756. The third kappa shape index (κ3) is 89.1. The molecule has 0 aliphatic heterocycles. The molecular weight excluding hydrogens is 355 g/mol. The summed E-state index contributed by atoms with van der Waals surface area (Å²) in [4.78, 5) is 0. The minimum absolute atomic E-state index is 0. The van der Waals surface area contributed by atoms with E-state index in [2.05, 4.69) is 0 Å². The van der Waals surface area contributed by atoms with Crippen LogP contribution in [0.4, 0.5) is 0 Å². The summed E-state index contributed by atoms with van der Waals surface area (Å²) in [5, 5.41) is 0. The zero-order valence-electron chi connectivity index (χ0n) is 5.10. The minimum Gasteiger partial charge on any atom is -1.00 e. The second kappa shape index (κ2) is 3.59. The summed E-state index contributed by atoms with van der Waals surface area (Å²) in [7, 11) is 30.2. The van der Waals surface area contributed by atoms with Gasteiger partial charge in [0, 0.05) is 0 Å². The summed E-state index contributed by atoms with van der Waals surface area (Å²) in [6.45, 7) is -5.15. The molecule has 61 valence electrons. The van der Waals surface area contributed by atoms with Gasteiger partial charge in [0.15, 0.2) is 0 Å². The van der Waals surface area contributed by atoms with Crippen LogP contribution in [0.5, 0.6) is 0 Å². The number of hydrogen-bond donors (Lipinski definition) is 0. The molecular formula is H3Cl6NaORh. The Kier molecular flexibility index (Phi) is 7.26. The largest absolute Gasteiger partial charge is 1.00 e. The Morgan fingerprint density at radius 1 is 0.778 bits per heavy atom. The van der Waals surface area contributed by atoms with E-state index in [0.29, 0.717) is 0 Å². The van der Waals surface area contributed by atoms with Crippen LogP contribution in [0.15, 0.2) is 0 Å². The van der Waals surface area contributed by atoms with Gasteiger partial charge in [-0.1, -0.05) is 0 Å². The van der Waals surface area contributed by atoms with E-state index < -0.39 is 6.48 Å². The maximum atomic E-state index is 5.04. The Labute approximate surface area is 99.3 Å². The summed E-state index contributed by atoms with van der Waals surface area (Å²) >= 11 is 0. The van der Waals surface area contributed by atoms with Crippen molar-refractivity contribution in [3.05, 3.63) is 0 Å². The van der Waals surface area contributed by atoms with Crippen LogP contribution in [0.25, 0.3) is 0 Å². The van der Waals surface area contributed by atoms with Crippen LogP contribution < -0.4 is 29.6 Å². The van der Waals surface area contributed by atoms with Crippen LogP contribution in [-0.4, -0.2) is 5.48 Å². The van der Waals surface area contributed by atoms with E-state index in [1.165, 1.54) is 0 Å². The summed E-state index contributed by atoms with van der Waals surface area (Å²) in [5.41, 5.74) is 0. The molecule has 0 saturated carbocycles. The summed E-state index contributed by atoms with van der Waals surface area (Å²) < 4.78 is 0. The average Bonchev–Trinajstić information content (AvgIpc) is 0.592. The number of halogens is 6. The fourth-order valence-corrected chi connectivity index (χ4v) is 0. The standard InChI is InChI=1S/6ClH.Na.H2O.Rh.H/h6*1H;;1H2;;/q;;;;;;+1;;+6;-1/p-6. The van der Waals surface area contributed by atoms with Gasteiger partial charge in [-0.3, -0.25) is 0 Å². The maximum absolute atomic E-state index is 5.15. The minimum atomic E-state index is -5.15. The Morgan fingerprint density at radius 2 is 0.778 bits per heavy atom. The summed E-state index contributed by atoms with van der Waals surface area (Å²) in [5.74, 6) is 0. The van der Waals surface area contributed by atoms with E-state index >= 15 is 0 Å². The predicted molar refractivity (Wildman–Crippen MR) is 39.8 cm³/mol. The zero-order valence-corrected chi connectivity index (χ0v) is 12.3.